The van der Waals surface area contributed by atoms with Gasteiger partial charge in [-0.15, -0.1) is 5.10 Å². The molecule has 2 aromatic heterocycles. The molecule has 2 aromatic carbocycles. The Balaban J connectivity index is 1.32. The third kappa shape index (κ3) is 5.91. The molecule has 1 saturated carbocycles. The largest absolute Gasteiger partial charge is 0.437 e. The molecule has 4 N–H and O–H groups in total. The number of aryl methyl sites for hydroxylation is 1. The summed E-state index contributed by atoms with van der Waals surface area (Å²) in [6, 6.07) is 13.5. The zero-order chi connectivity index (χ0) is 27.9. The van der Waals surface area contributed by atoms with Crippen LogP contribution in [-0.2, 0) is 0 Å². The molecule has 0 atom stereocenters. The summed E-state index contributed by atoms with van der Waals surface area (Å²) in [6.07, 6.45) is 5.23. The van der Waals surface area contributed by atoms with Gasteiger partial charge in [0.2, 0.25) is 5.88 Å². The average molecular weight is 566 g/mol. The number of hydrogen-bond acceptors (Lipinski definition) is 7. The van der Waals surface area contributed by atoms with Gasteiger partial charge in [-0.1, -0.05) is 12.1 Å². The fourth-order valence-corrected chi connectivity index (χ4v) is 6.58. The van der Waals surface area contributed by atoms with Crippen molar-refractivity contribution in [1.29, 1.82) is 0 Å². The summed E-state index contributed by atoms with van der Waals surface area (Å²) in [7, 11) is -2.45. The van der Waals surface area contributed by atoms with E-state index in [4.69, 9.17) is 4.74 Å². The van der Waals surface area contributed by atoms with E-state index in [-0.39, 0.29) is 23.7 Å². The van der Waals surface area contributed by atoms with E-state index in [1.807, 2.05) is 25.1 Å². The number of carbonyl (C=O) groups is 1. The van der Waals surface area contributed by atoms with Crippen molar-refractivity contribution in [3.05, 3.63) is 71.7 Å². The molecule has 0 unspecified atom stereocenters. The molecular weight excluding hydrogens is 533 g/mol. The van der Waals surface area contributed by atoms with Crippen molar-refractivity contribution < 1.29 is 23.0 Å². The molecule has 0 spiro atoms. The van der Waals surface area contributed by atoms with Gasteiger partial charge in [-0.2, -0.15) is 10.6 Å². The smallest absolute Gasteiger partial charge is 0.251 e. The Morgan fingerprint density at radius 2 is 1.93 bits per heavy atom. The first-order valence-electron chi connectivity index (χ1n) is 13.5. The zero-order valence-electron chi connectivity index (χ0n) is 22.1. The Labute approximate surface area is 233 Å². The minimum atomic E-state index is -2.45. The Kier molecular flexibility index (Phi) is 7.11. The molecule has 1 saturated heterocycles. The second-order valence-corrected chi connectivity index (χ2v) is 13.1. The van der Waals surface area contributed by atoms with E-state index in [1.165, 1.54) is 12.1 Å². The Morgan fingerprint density at radius 3 is 2.65 bits per heavy atom. The summed E-state index contributed by atoms with van der Waals surface area (Å²) < 4.78 is 41.4. The van der Waals surface area contributed by atoms with Crippen LogP contribution in [0.25, 0.3) is 16.9 Å². The fraction of sp³-hybridized carbons (Fsp3) is 0.345. The van der Waals surface area contributed by atoms with Gasteiger partial charge < -0.3 is 15.4 Å². The van der Waals surface area contributed by atoms with Crippen molar-refractivity contribution in [3.63, 3.8) is 0 Å². The summed E-state index contributed by atoms with van der Waals surface area (Å²) in [5.74, 6) is 1.22. The maximum Gasteiger partial charge on any atom is 0.251 e. The molecule has 6 rings (SSSR count). The van der Waals surface area contributed by atoms with Crippen LogP contribution in [0.2, 0.25) is 0 Å². The number of benzene rings is 2. The van der Waals surface area contributed by atoms with E-state index in [9.17, 15) is 18.3 Å². The van der Waals surface area contributed by atoms with Crippen LogP contribution >= 0.6 is 10.6 Å². The fourth-order valence-electron chi connectivity index (χ4n) is 4.96. The lowest BCUT2D eigenvalue weighted by Gasteiger charge is -2.39. The number of anilines is 1. The van der Waals surface area contributed by atoms with Crippen LogP contribution in [0.15, 0.2) is 54.7 Å². The summed E-state index contributed by atoms with van der Waals surface area (Å²) in [6.45, 7) is 2.54. The SMILES string of the molecule is Cc1cc(-c2cnc3c(NCC4CCS(O)(O)CC4)cc(Oc4cccc(F)c4)nn23)ccc1C(=O)NC1CC1. The standard InChI is InChI=1S/C29H32FN5O4S/c1-18-13-20(5-8-24(18)29(36)33-22-6-7-22)26-17-32-28-25(31-16-19-9-11-40(37,38)12-10-19)15-27(34-35(26)28)39-23-4-2-3-21(30)14-23/h2-5,8,13-15,17,19,22,31,37-38H,6-7,9-12,16H2,1H3,(H,33,36). The van der Waals surface area contributed by atoms with E-state index in [2.05, 4.69) is 20.7 Å². The quantitative estimate of drug-likeness (QED) is 0.204. The highest BCUT2D eigenvalue weighted by molar-refractivity contribution is 8.24. The molecule has 210 valence electrons. The Morgan fingerprint density at radius 1 is 1.12 bits per heavy atom. The van der Waals surface area contributed by atoms with E-state index in [0.717, 1.165) is 36.8 Å². The summed E-state index contributed by atoms with van der Waals surface area (Å²) in [4.78, 5) is 17.3. The van der Waals surface area contributed by atoms with Crippen LogP contribution < -0.4 is 15.4 Å². The molecular formula is C29H32FN5O4S. The van der Waals surface area contributed by atoms with Gasteiger partial charge in [0.25, 0.3) is 5.91 Å². The van der Waals surface area contributed by atoms with Crippen LogP contribution in [0.5, 0.6) is 11.6 Å². The number of carbonyl (C=O) groups excluding carboxylic acids is 1. The summed E-state index contributed by atoms with van der Waals surface area (Å²) in [5.41, 5.74) is 4.33. The highest BCUT2D eigenvalue weighted by Crippen LogP contribution is 2.45. The number of aromatic nitrogens is 3. The molecule has 1 aliphatic heterocycles. The number of nitrogens with one attached hydrogen (secondary N) is 2. The van der Waals surface area contributed by atoms with Gasteiger partial charge in [-0.3, -0.25) is 13.9 Å². The molecule has 2 aliphatic rings. The zero-order valence-corrected chi connectivity index (χ0v) is 23.0. The average Bonchev–Trinajstić information content (AvgIpc) is 3.63. The number of halogens is 1. The van der Waals surface area contributed by atoms with E-state index in [1.54, 1.807) is 28.9 Å². The number of rotatable bonds is 8. The Hall–Kier alpha value is -3.67. The molecule has 3 heterocycles. The van der Waals surface area contributed by atoms with E-state index in [0.29, 0.717) is 46.4 Å². The first-order valence-corrected chi connectivity index (χ1v) is 15.3. The van der Waals surface area contributed by atoms with Crippen molar-refractivity contribution in [3.8, 4) is 22.9 Å². The number of hydrogen-bond donors (Lipinski definition) is 4. The number of fused-ring (bicyclic) bond motifs is 1. The van der Waals surface area contributed by atoms with Gasteiger partial charge >= 0.3 is 0 Å². The highest BCUT2D eigenvalue weighted by Gasteiger charge is 2.26. The molecule has 1 amide bonds. The van der Waals surface area contributed by atoms with Crippen LogP contribution in [0.4, 0.5) is 10.1 Å². The topological polar surface area (TPSA) is 121 Å². The molecule has 0 bridgehead atoms. The van der Waals surface area contributed by atoms with Crippen LogP contribution in [0.1, 0.15) is 41.6 Å². The normalized spacial score (nSPS) is 17.9. The van der Waals surface area contributed by atoms with Gasteiger partial charge in [-0.05, 0) is 68.4 Å². The van der Waals surface area contributed by atoms with Crippen molar-refractivity contribution in [1.82, 2.24) is 19.9 Å². The van der Waals surface area contributed by atoms with Crippen molar-refractivity contribution >= 4 is 27.8 Å². The van der Waals surface area contributed by atoms with Gasteiger partial charge in [0.15, 0.2) is 5.65 Å². The molecule has 4 aromatic rings. The molecule has 11 heteroatoms. The first kappa shape index (κ1) is 26.5. The summed E-state index contributed by atoms with van der Waals surface area (Å²) >= 11 is 0. The maximum absolute atomic E-state index is 13.8. The maximum atomic E-state index is 13.8. The van der Waals surface area contributed by atoms with E-state index >= 15 is 0 Å². The van der Waals surface area contributed by atoms with Gasteiger partial charge in [0, 0.05) is 47.4 Å². The highest BCUT2D eigenvalue weighted by atomic mass is 32.3. The minimum absolute atomic E-state index is 0.0657. The van der Waals surface area contributed by atoms with Crippen molar-refractivity contribution in [2.45, 2.75) is 38.6 Å². The monoisotopic (exact) mass is 565 g/mol. The third-order valence-electron chi connectivity index (χ3n) is 7.43. The van der Waals surface area contributed by atoms with Gasteiger partial charge in [0.05, 0.1) is 17.6 Å². The minimum Gasteiger partial charge on any atom is -0.437 e. The van der Waals surface area contributed by atoms with Crippen molar-refractivity contribution in [2.24, 2.45) is 5.92 Å². The number of nitrogens with zero attached hydrogens (tertiary/aromatic N) is 3. The lowest BCUT2D eigenvalue weighted by Crippen LogP contribution is -2.26. The predicted molar refractivity (Wildman–Crippen MR) is 154 cm³/mol. The second-order valence-electron chi connectivity index (χ2n) is 10.6. The van der Waals surface area contributed by atoms with Crippen LogP contribution in [-0.4, -0.2) is 53.7 Å². The first-order chi connectivity index (χ1) is 19.2. The van der Waals surface area contributed by atoms with Crippen LogP contribution in [0.3, 0.4) is 0 Å². The lowest BCUT2D eigenvalue weighted by atomic mass is 10.0. The molecule has 0 radical (unpaired) electrons. The van der Waals surface area contributed by atoms with Crippen LogP contribution in [0, 0.1) is 18.7 Å². The summed E-state index contributed by atoms with van der Waals surface area (Å²) in [5, 5.41) is 11.2. The lowest BCUT2D eigenvalue weighted by molar-refractivity contribution is 0.0950. The second kappa shape index (κ2) is 10.7. The molecule has 9 nitrogen and oxygen atoms in total. The number of amides is 1. The predicted octanol–water partition coefficient (Wildman–Crippen LogP) is 6.10. The van der Waals surface area contributed by atoms with Gasteiger partial charge in [-0.25, -0.2) is 13.9 Å². The molecule has 40 heavy (non-hydrogen) atoms. The third-order valence-corrected chi connectivity index (χ3v) is 9.21. The Bertz CT molecular complexity index is 1560. The van der Waals surface area contributed by atoms with Crippen molar-refractivity contribution in [2.75, 3.05) is 23.4 Å². The number of ether oxygens (including phenoxy) is 1. The number of imidazole rings is 1. The molecule has 1 aliphatic carbocycles. The van der Waals surface area contributed by atoms with E-state index < -0.39 is 16.4 Å². The van der Waals surface area contributed by atoms with Gasteiger partial charge in [0.1, 0.15) is 11.6 Å². The molecule has 2 fully saturated rings.